The minimum absolute atomic E-state index is 0.374. The van der Waals surface area contributed by atoms with Gasteiger partial charge in [-0.1, -0.05) is 0 Å². The van der Waals surface area contributed by atoms with E-state index in [2.05, 4.69) is 10.1 Å². The molecule has 0 bridgehead atoms. The summed E-state index contributed by atoms with van der Waals surface area (Å²) in [6, 6.07) is 0. The van der Waals surface area contributed by atoms with E-state index >= 15 is 0 Å². The minimum atomic E-state index is -0.374. The second kappa shape index (κ2) is 3.49. The molecule has 1 aromatic rings. The van der Waals surface area contributed by atoms with Crippen LogP contribution < -0.4 is 0 Å². The Morgan fingerprint density at radius 3 is 3.14 bits per heavy atom. The second-order valence-corrected chi connectivity index (χ2v) is 3.76. The van der Waals surface area contributed by atoms with Crippen molar-refractivity contribution in [2.24, 2.45) is 12.5 Å². The molecule has 5 nitrogen and oxygen atoms in total. The Bertz CT molecular complexity index is 329. The predicted octanol–water partition coefficient (Wildman–Crippen LogP) is -0.0368. The van der Waals surface area contributed by atoms with Crippen molar-refractivity contribution < 1.29 is 9.53 Å². The first-order valence-electron chi connectivity index (χ1n) is 4.63. The molecule has 1 aliphatic heterocycles. The highest BCUT2D eigenvalue weighted by Gasteiger charge is 2.36. The standard InChI is InChI=1S/C9H13N3O2/c1-12-8(10-7-11-12)4-9(5-13)2-3-14-6-9/h5,7H,2-4,6H2,1H3. The Kier molecular flexibility index (Phi) is 2.33. The average molecular weight is 195 g/mol. The number of aromatic nitrogens is 3. The van der Waals surface area contributed by atoms with Gasteiger partial charge in [0.25, 0.3) is 0 Å². The van der Waals surface area contributed by atoms with Gasteiger partial charge in [0, 0.05) is 20.1 Å². The molecule has 0 N–H and O–H groups in total. The van der Waals surface area contributed by atoms with E-state index in [1.165, 1.54) is 6.33 Å². The third kappa shape index (κ3) is 1.55. The van der Waals surface area contributed by atoms with Crippen LogP contribution in [0, 0.1) is 5.41 Å². The summed E-state index contributed by atoms with van der Waals surface area (Å²) in [7, 11) is 1.83. The van der Waals surface area contributed by atoms with E-state index in [1.807, 2.05) is 7.05 Å². The summed E-state index contributed by atoms with van der Waals surface area (Å²) < 4.78 is 6.95. The van der Waals surface area contributed by atoms with E-state index in [0.29, 0.717) is 19.6 Å². The van der Waals surface area contributed by atoms with E-state index < -0.39 is 0 Å². The van der Waals surface area contributed by atoms with E-state index in [9.17, 15) is 4.79 Å². The number of aldehydes is 1. The first-order chi connectivity index (χ1) is 6.76. The highest BCUT2D eigenvalue weighted by atomic mass is 16.5. The maximum Gasteiger partial charge on any atom is 0.138 e. The van der Waals surface area contributed by atoms with Gasteiger partial charge in [-0.15, -0.1) is 0 Å². The largest absolute Gasteiger partial charge is 0.380 e. The summed E-state index contributed by atoms with van der Waals surface area (Å²) in [4.78, 5) is 15.1. The topological polar surface area (TPSA) is 57.0 Å². The Balaban J connectivity index is 2.16. The molecule has 1 unspecified atom stereocenters. The molecule has 5 heteroatoms. The maximum atomic E-state index is 11.0. The molecule has 2 heterocycles. The number of aryl methyl sites for hydroxylation is 1. The van der Waals surface area contributed by atoms with E-state index in [1.54, 1.807) is 4.68 Å². The van der Waals surface area contributed by atoms with E-state index in [4.69, 9.17) is 4.74 Å². The molecule has 76 valence electrons. The number of carbonyl (C=O) groups excluding carboxylic acids is 1. The summed E-state index contributed by atoms with van der Waals surface area (Å²) in [5.74, 6) is 0.836. The van der Waals surface area contributed by atoms with Gasteiger partial charge in [-0.25, -0.2) is 4.98 Å². The molecule has 1 atom stereocenters. The zero-order valence-corrected chi connectivity index (χ0v) is 8.14. The zero-order chi connectivity index (χ0) is 10.0. The quantitative estimate of drug-likeness (QED) is 0.635. The van der Waals surface area contributed by atoms with Gasteiger partial charge in [-0.2, -0.15) is 5.10 Å². The minimum Gasteiger partial charge on any atom is -0.380 e. The summed E-state index contributed by atoms with van der Waals surface area (Å²) in [5, 5.41) is 3.97. The van der Waals surface area contributed by atoms with Crippen LogP contribution in [0.2, 0.25) is 0 Å². The Labute approximate surface area is 82.1 Å². The van der Waals surface area contributed by atoms with Gasteiger partial charge in [0.15, 0.2) is 0 Å². The fourth-order valence-electron chi connectivity index (χ4n) is 1.69. The molecular weight excluding hydrogens is 182 g/mol. The van der Waals surface area contributed by atoms with Crippen molar-refractivity contribution in [2.45, 2.75) is 12.8 Å². The van der Waals surface area contributed by atoms with Crippen LogP contribution in [0.1, 0.15) is 12.2 Å². The highest BCUT2D eigenvalue weighted by molar-refractivity contribution is 5.60. The van der Waals surface area contributed by atoms with Crippen LogP contribution in [-0.2, 0) is 23.0 Å². The zero-order valence-electron chi connectivity index (χ0n) is 8.14. The second-order valence-electron chi connectivity index (χ2n) is 3.76. The van der Waals surface area contributed by atoms with Crippen molar-refractivity contribution in [2.75, 3.05) is 13.2 Å². The molecule has 0 amide bonds. The summed E-state index contributed by atoms with van der Waals surface area (Å²) in [5.41, 5.74) is -0.374. The van der Waals surface area contributed by atoms with Gasteiger partial charge in [0.05, 0.1) is 12.0 Å². The highest BCUT2D eigenvalue weighted by Crippen LogP contribution is 2.29. The number of ether oxygens (including phenoxy) is 1. The Morgan fingerprint density at radius 1 is 1.79 bits per heavy atom. The number of hydrogen-bond donors (Lipinski definition) is 0. The average Bonchev–Trinajstić information content (AvgIpc) is 2.79. The monoisotopic (exact) mass is 195 g/mol. The lowest BCUT2D eigenvalue weighted by atomic mass is 9.85. The molecular formula is C9H13N3O2. The first kappa shape index (κ1) is 9.33. The number of rotatable bonds is 3. The van der Waals surface area contributed by atoms with Gasteiger partial charge < -0.3 is 9.53 Å². The van der Waals surface area contributed by atoms with Crippen LogP contribution >= 0.6 is 0 Å². The SMILES string of the molecule is Cn1ncnc1CC1(C=O)CCOC1. The van der Waals surface area contributed by atoms with Crippen molar-refractivity contribution in [3.05, 3.63) is 12.2 Å². The van der Waals surface area contributed by atoms with Crippen molar-refractivity contribution in [1.29, 1.82) is 0 Å². The lowest BCUT2D eigenvalue weighted by Crippen LogP contribution is -2.27. The van der Waals surface area contributed by atoms with Gasteiger partial charge in [-0.3, -0.25) is 4.68 Å². The van der Waals surface area contributed by atoms with Gasteiger partial charge >= 0.3 is 0 Å². The van der Waals surface area contributed by atoms with Gasteiger partial charge in [0.2, 0.25) is 0 Å². The first-order valence-corrected chi connectivity index (χ1v) is 4.63. The van der Waals surface area contributed by atoms with Crippen molar-refractivity contribution in [3.8, 4) is 0 Å². The molecule has 0 saturated carbocycles. The predicted molar refractivity (Wildman–Crippen MR) is 48.6 cm³/mol. The fourth-order valence-corrected chi connectivity index (χ4v) is 1.69. The van der Waals surface area contributed by atoms with Crippen LogP contribution in [0.4, 0.5) is 0 Å². The van der Waals surface area contributed by atoms with E-state index in [0.717, 1.165) is 18.5 Å². The fraction of sp³-hybridized carbons (Fsp3) is 0.667. The number of nitrogens with zero attached hydrogens (tertiary/aromatic N) is 3. The molecule has 1 aromatic heterocycles. The lowest BCUT2D eigenvalue weighted by molar-refractivity contribution is -0.116. The van der Waals surface area contributed by atoms with Crippen LogP contribution in [0.5, 0.6) is 0 Å². The molecule has 2 rings (SSSR count). The summed E-state index contributed by atoms with van der Waals surface area (Å²) in [6.07, 6.45) is 3.90. The molecule has 0 aliphatic carbocycles. The lowest BCUT2D eigenvalue weighted by Gasteiger charge is -2.18. The molecule has 1 aliphatic rings. The van der Waals surface area contributed by atoms with Gasteiger partial charge in [0.1, 0.15) is 18.4 Å². The summed E-state index contributed by atoms with van der Waals surface area (Å²) >= 11 is 0. The number of carbonyl (C=O) groups is 1. The normalized spacial score (nSPS) is 26.6. The third-order valence-electron chi connectivity index (χ3n) is 2.70. The molecule has 0 spiro atoms. The molecule has 0 radical (unpaired) electrons. The smallest absolute Gasteiger partial charge is 0.138 e. The van der Waals surface area contributed by atoms with Crippen LogP contribution in [-0.4, -0.2) is 34.3 Å². The molecule has 1 fully saturated rings. The molecule has 0 aromatic carbocycles. The van der Waals surface area contributed by atoms with E-state index in [-0.39, 0.29) is 5.41 Å². The van der Waals surface area contributed by atoms with Crippen LogP contribution in [0.15, 0.2) is 6.33 Å². The van der Waals surface area contributed by atoms with Crippen LogP contribution in [0.25, 0.3) is 0 Å². The third-order valence-corrected chi connectivity index (χ3v) is 2.70. The Morgan fingerprint density at radius 2 is 2.64 bits per heavy atom. The van der Waals surface area contributed by atoms with Crippen molar-refractivity contribution >= 4 is 6.29 Å². The van der Waals surface area contributed by atoms with Crippen LogP contribution in [0.3, 0.4) is 0 Å². The Hall–Kier alpha value is -1.23. The van der Waals surface area contributed by atoms with Crippen molar-refractivity contribution in [1.82, 2.24) is 14.8 Å². The summed E-state index contributed by atoms with van der Waals surface area (Å²) in [6.45, 7) is 1.17. The maximum absolute atomic E-state index is 11.0. The van der Waals surface area contributed by atoms with Gasteiger partial charge in [-0.05, 0) is 6.42 Å². The molecule has 14 heavy (non-hydrogen) atoms. The molecule has 1 saturated heterocycles. The van der Waals surface area contributed by atoms with Crippen molar-refractivity contribution in [3.63, 3.8) is 0 Å². The number of hydrogen-bond acceptors (Lipinski definition) is 4.